The van der Waals surface area contributed by atoms with Crippen LogP contribution >= 0.6 is 11.8 Å². The van der Waals surface area contributed by atoms with Crippen LogP contribution in [0.2, 0.25) is 0 Å². The highest BCUT2D eigenvalue weighted by Gasteiger charge is 2.42. The lowest BCUT2D eigenvalue weighted by Crippen LogP contribution is -2.43. The van der Waals surface area contributed by atoms with Crippen molar-refractivity contribution in [3.63, 3.8) is 0 Å². The molecule has 0 aromatic carbocycles. The molecule has 0 radical (unpaired) electrons. The lowest BCUT2D eigenvalue weighted by molar-refractivity contribution is 0.0322. The molecule has 1 heterocycles. The second kappa shape index (κ2) is 3.22. The second-order valence-electron chi connectivity index (χ2n) is 5.03. The molecule has 1 saturated heterocycles. The van der Waals surface area contributed by atoms with Gasteiger partial charge in [-0.25, -0.2) is 0 Å². The Morgan fingerprint density at radius 2 is 2.00 bits per heavy atom. The van der Waals surface area contributed by atoms with Crippen molar-refractivity contribution in [1.29, 1.82) is 0 Å². The molecule has 2 unspecified atom stereocenters. The van der Waals surface area contributed by atoms with Crippen LogP contribution in [0.5, 0.6) is 0 Å². The van der Waals surface area contributed by atoms with Crippen molar-refractivity contribution in [1.82, 2.24) is 0 Å². The molecule has 1 fully saturated rings. The van der Waals surface area contributed by atoms with Crippen LogP contribution in [0.15, 0.2) is 0 Å². The predicted molar refractivity (Wildman–Crippen MR) is 55.6 cm³/mol. The molecular weight excluding hydrogens is 168 g/mol. The summed E-state index contributed by atoms with van der Waals surface area (Å²) in [5, 5.41) is 10.1. The van der Waals surface area contributed by atoms with E-state index in [0.29, 0.717) is 0 Å². The van der Waals surface area contributed by atoms with Crippen LogP contribution in [-0.4, -0.2) is 21.7 Å². The number of rotatable bonds is 1. The first kappa shape index (κ1) is 10.4. The molecule has 0 aromatic rings. The minimum absolute atomic E-state index is 0.0199. The fraction of sp³-hybridized carbons (Fsp3) is 1.00. The minimum atomic E-state index is -0.183. The van der Waals surface area contributed by atoms with Crippen LogP contribution in [0.1, 0.15) is 40.5 Å². The van der Waals surface area contributed by atoms with Crippen molar-refractivity contribution >= 4 is 11.8 Å². The number of thioether (sulfide) groups is 1. The summed E-state index contributed by atoms with van der Waals surface area (Å²) >= 11 is 1.93. The van der Waals surface area contributed by atoms with Crippen molar-refractivity contribution in [3.05, 3.63) is 0 Å². The van der Waals surface area contributed by atoms with E-state index in [1.54, 1.807) is 0 Å². The van der Waals surface area contributed by atoms with E-state index in [-0.39, 0.29) is 16.3 Å². The van der Waals surface area contributed by atoms with Gasteiger partial charge in [0.15, 0.2) is 0 Å². The normalized spacial score (nSPS) is 33.8. The van der Waals surface area contributed by atoms with E-state index in [2.05, 4.69) is 27.7 Å². The molecule has 1 aliphatic rings. The molecule has 1 nitrogen and oxygen atoms in total. The molecule has 1 aliphatic heterocycles. The number of hydrogen-bond acceptors (Lipinski definition) is 2. The van der Waals surface area contributed by atoms with Crippen LogP contribution in [0, 0.1) is 5.41 Å². The third-order valence-electron chi connectivity index (χ3n) is 2.65. The Hall–Kier alpha value is 0.310. The largest absolute Gasteiger partial charge is 0.391 e. The smallest absolute Gasteiger partial charge is 0.0732 e. The number of aliphatic hydroxyl groups is 1. The summed E-state index contributed by atoms with van der Waals surface area (Å²) < 4.78 is 0.109. The van der Waals surface area contributed by atoms with Gasteiger partial charge in [-0.3, -0.25) is 0 Å². The molecule has 0 saturated carbocycles. The van der Waals surface area contributed by atoms with Gasteiger partial charge < -0.3 is 5.11 Å². The Morgan fingerprint density at radius 1 is 1.42 bits per heavy atom. The van der Waals surface area contributed by atoms with Crippen LogP contribution in [0.3, 0.4) is 0 Å². The topological polar surface area (TPSA) is 20.2 Å². The maximum atomic E-state index is 10.1. The molecule has 72 valence electrons. The standard InChI is InChI=1S/C10H20OS/c1-9(2,3)8(11)10(4)6-5-7-12-10/h8,11H,5-7H2,1-4H3. The summed E-state index contributed by atoms with van der Waals surface area (Å²) in [4.78, 5) is 0. The summed E-state index contributed by atoms with van der Waals surface area (Å²) in [7, 11) is 0. The van der Waals surface area contributed by atoms with Gasteiger partial charge in [-0.2, -0.15) is 11.8 Å². The molecule has 2 atom stereocenters. The molecule has 0 aromatic heterocycles. The van der Waals surface area contributed by atoms with Crippen LogP contribution in [-0.2, 0) is 0 Å². The average Bonchev–Trinajstić information content (AvgIpc) is 2.34. The fourth-order valence-electron chi connectivity index (χ4n) is 1.93. The first-order valence-corrected chi connectivity index (χ1v) is 5.67. The van der Waals surface area contributed by atoms with Gasteiger partial charge in [0.1, 0.15) is 0 Å². The Labute approximate surface area is 79.9 Å². The molecule has 1 N–H and O–H groups in total. The van der Waals surface area contributed by atoms with Crippen molar-refractivity contribution in [2.75, 3.05) is 5.75 Å². The molecule has 0 bridgehead atoms. The third-order valence-corrected chi connectivity index (χ3v) is 4.23. The van der Waals surface area contributed by atoms with Crippen molar-refractivity contribution in [2.45, 2.75) is 51.4 Å². The van der Waals surface area contributed by atoms with E-state index >= 15 is 0 Å². The Bertz CT molecular complexity index is 154. The van der Waals surface area contributed by atoms with E-state index in [4.69, 9.17) is 0 Å². The summed E-state index contributed by atoms with van der Waals surface area (Å²) in [6, 6.07) is 0. The molecule has 12 heavy (non-hydrogen) atoms. The van der Waals surface area contributed by atoms with Crippen LogP contribution < -0.4 is 0 Å². The van der Waals surface area contributed by atoms with Crippen molar-refractivity contribution < 1.29 is 5.11 Å². The summed E-state index contributed by atoms with van der Waals surface area (Å²) in [5.74, 6) is 1.21. The van der Waals surface area contributed by atoms with Gasteiger partial charge in [-0.1, -0.05) is 20.8 Å². The maximum Gasteiger partial charge on any atom is 0.0732 e. The van der Waals surface area contributed by atoms with E-state index < -0.39 is 0 Å². The van der Waals surface area contributed by atoms with E-state index in [9.17, 15) is 5.11 Å². The zero-order valence-corrected chi connectivity index (χ0v) is 9.37. The van der Waals surface area contributed by atoms with Crippen molar-refractivity contribution in [2.24, 2.45) is 5.41 Å². The van der Waals surface area contributed by atoms with Gasteiger partial charge in [-0.05, 0) is 30.9 Å². The van der Waals surface area contributed by atoms with Gasteiger partial charge in [0.25, 0.3) is 0 Å². The highest BCUT2D eigenvalue weighted by molar-refractivity contribution is 8.00. The Morgan fingerprint density at radius 3 is 2.33 bits per heavy atom. The van der Waals surface area contributed by atoms with Gasteiger partial charge in [0.05, 0.1) is 6.10 Å². The highest BCUT2D eigenvalue weighted by atomic mass is 32.2. The highest BCUT2D eigenvalue weighted by Crippen LogP contribution is 2.45. The fourth-order valence-corrected chi connectivity index (χ4v) is 3.49. The zero-order chi connectivity index (χ0) is 9.41. The lowest BCUT2D eigenvalue weighted by atomic mass is 9.80. The Balaban J connectivity index is 2.68. The average molecular weight is 188 g/mol. The first-order valence-electron chi connectivity index (χ1n) is 4.68. The SMILES string of the molecule is CC(C)(C)C(O)C1(C)CCCS1. The van der Waals surface area contributed by atoms with Gasteiger partial charge in [0, 0.05) is 4.75 Å². The zero-order valence-electron chi connectivity index (χ0n) is 8.55. The third kappa shape index (κ3) is 1.97. The van der Waals surface area contributed by atoms with Crippen LogP contribution in [0.25, 0.3) is 0 Å². The summed E-state index contributed by atoms with van der Waals surface area (Å²) in [6.45, 7) is 8.53. The number of hydrogen-bond donors (Lipinski definition) is 1. The van der Waals surface area contributed by atoms with Gasteiger partial charge in [0.2, 0.25) is 0 Å². The van der Waals surface area contributed by atoms with E-state index in [1.165, 1.54) is 12.2 Å². The van der Waals surface area contributed by atoms with Crippen molar-refractivity contribution in [3.8, 4) is 0 Å². The molecule has 2 heteroatoms. The van der Waals surface area contributed by atoms with Gasteiger partial charge in [-0.15, -0.1) is 0 Å². The molecule has 0 spiro atoms. The first-order chi connectivity index (χ1) is 5.36. The van der Waals surface area contributed by atoms with Gasteiger partial charge >= 0.3 is 0 Å². The summed E-state index contributed by atoms with van der Waals surface area (Å²) in [5.41, 5.74) is 0.0199. The molecule has 1 rings (SSSR count). The molecule has 0 amide bonds. The lowest BCUT2D eigenvalue weighted by Gasteiger charge is -2.38. The summed E-state index contributed by atoms with van der Waals surface area (Å²) in [6.07, 6.45) is 2.24. The van der Waals surface area contributed by atoms with E-state index in [1.807, 2.05) is 11.8 Å². The monoisotopic (exact) mass is 188 g/mol. The Kier molecular flexibility index (Phi) is 2.79. The number of aliphatic hydroxyl groups excluding tert-OH is 1. The molecular formula is C10H20OS. The quantitative estimate of drug-likeness (QED) is 0.682. The molecule has 0 aliphatic carbocycles. The second-order valence-corrected chi connectivity index (χ2v) is 6.66. The minimum Gasteiger partial charge on any atom is -0.391 e. The predicted octanol–water partition coefficient (Wildman–Crippen LogP) is 2.68. The van der Waals surface area contributed by atoms with Crippen LogP contribution in [0.4, 0.5) is 0 Å². The maximum absolute atomic E-state index is 10.1. The van der Waals surface area contributed by atoms with E-state index in [0.717, 1.165) is 6.42 Å².